The molecule has 0 aliphatic heterocycles. The molecule has 0 spiro atoms. The highest BCUT2D eigenvalue weighted by atomic mass is 32.2. The number of carbonyl (C=O) groups excluding carboxylic acids is 2. The smallest absolute Gasteiger partial charge is 0.264 e. The van der Waals surface area contributed by atoms with Crippen LogP contribution >= 0.6 is 0 Å². The van der Waals surface area contributed by atoms with Crippen LogP contribution in [-0.2, 0) is 26.2 Å². The van der Waals surface area contributed by atoms with E-state index >= 15 is 0 Å². The molecule has 0 saturated heterocycles. The number of anilines is 1. The van der Waals surface area contributed by atoms with Crippen molar-refractivity contribution in [3.8, 4) is 5.75 Å². The van der Waals surface area contributed by atoms with Gasteiger partial charge >= 0.3 is 0 Å². The third-order valence-corrected chi connectivity index (χ3v) is 8.13. The average Bonchev–Trinajstić information content (AvgIpc) is 2.91. The van der Waals surface area contributed by atoms with E-state index in [0.717, 1.165) is 21.0 Å². The quantitative estimate of drug-likeness (QED) is 0.398. The number of nitrogens with one attached hydrogen (secondary N) is 1. The normalized spacial score (nSPS) is 11.9. The molecule has 38 heavy (non-hydrogen) atoms. The number of aryl methyl sites for hydroxylation is 2. The first-order chi connectivity index (χ1) is 18.1. The highest BCUT2D eigenvalue weighted by molar-refractivity contribution is 7.92. The Morgan fingerprint density at radius 2 is 1.58 bits per heavy atom. The van der Waals surface area contributed by atoms with E-state index in [1.807, 2.05) is 45.0 Å². The van der Waals surface area contributed by atoms with E-state index in [4.69, 9.17) is 4.74 Å². The van der Waals surface area contributed by atoms with Gasteiger partial charge in [-0.2, -0.15) is 0 Å². The number of sulfonamides is 1. The third-order valence-electron chi connectivity index (χ3n) is 6.34. The Bertz CT molecular complexity index is 1360. The predicted octanol–water partition coefficient (Wildman–Crippen LogP) is 4.06. The minimum absolute atomic E-state index is 0.0270. The van der Waals surface area contributed by atoms with Crippen LogP contribution in [0.15, 0.2) is 77.7 Å². The van der Waals surface area contributed by atoms with Crippen molar-refractivity contribution in [3.63, 3.8) is 0 Å². The van der Waals surface area contributed by atoms with Crippen molar-refractivity contribution < 1.29 is 22.7 Å². The largest absolute Gasteiger partial charge is 0.494 e. The number of rotatable bonds is 11. The number of carbonyl (C=O) groups is 2. The van der Waals surface area contributed by atoms with Gasteiger partial charge in [-0.1, -0.05) is 42.0 Å². The zero-order valence-corrected chi connectivity index (χ0v) is 23.3. The lowest BCUT2D eigenvalue weighted by Crippen LogP contribution is -2.50. The molecule has 202 valence electrons. The van der Waals surface area contributed by atoms with Crippen LogP contribution in [0.4, 0.5) is 5.69 Å². The number of ether oxygens (including phenoxy) is 1. The van der Waals surface area contributed by atoms with E-state index < -0.39 is 28.5 Å². The summed E-state index contributed by atoms with van der Waals surface area (Å²) in [6, 6.07) is 19.8. The Morgan fingerprint density at radius 1 is 0.947 bits per heavy atom. The second-order valence-corrected chi connectivity index (χ2v) is 10.9. The fraction of sp³-hybridized carbons (Fsp3) is 0.310. The molecular weight excluding hydrogens is 502 g/mol. The minimum atomic E-state index is -4.13. The average molecular weight is 538 g/mol. The summed E-state index contributed by atoms with van der Waals surface area (Å²) < 4.78 is 34.2. The summed E-state index contributed by atoms with van der Waals surface area (Å²) in [4.78, 5) is 27.8. The number of hydrogen-bond donors (Lipinski definition) is 1. The summed E-state index contributed by atoms with van der Waals surface area (Å²) in [5.41, 5.74) is 3.13. The van der Waals surface area contributed by atoms with Gasteiger partial charge in [-0.05, 0) is 75.2 Å². The Balaban J connectivity index is 2.02. The molecule has 0 aliphatic rings. The Hall–Kier alpha value is -3.85. The van der Waals surface area contributed by atoms with Crippen LogP contribution in [0, 0.1) is 13.8 Å². The van der Waals surface area contributed by atoms with Crippen LogP contribution in [0.5, 0.6) is 5.75 Å². The van der Waals surface area contributed by atoms with Crippen molar-refractivity contribution in [1.82, 2.24) is 10.2 Å². The molecule has 8 nitrogen and oxygen atoms in total. The fourth-order valence-electron chi connectivity index (χ4n) is 4.00. The molecule has 0 heterocycles. The maximum atomic E-state index is 13.9. The Morgan fingerprint density at radius 3 is 2.16 bits per heavy atom. The molecule has 2 amide bonds. The first-order valence-corrected chi connectivity index (χ1v) is 13.9. The van der Waals surface area contributed by atoms with Crippen molar-refractivity contribution in [1.29, 1.82) is 0 Å². The van der Waals surface area contributed by atoms with E-state index in [9.17, 15) is 18.0 Å². The van der Waals surface area contributed by atoms with Crippen molar-refractivity contribution in [2.24, 2.45) is 0 Å². The summed E-state index contributed by atoms with van der Waals surface area (Å²) in [5.74, 6) is -0.296. The van der Waals surface area contributed by atoms with Crippen molar-refractivity contribution >= 4 is 27.5 Å². The molecule has 0 unspecified atom stereocenters. The maximum Gasteiger partial charge on any atom is 0.264 e. The van der Waals surface area contributed by atoms with Gasteiger partial charge in [0, 0.05) is 13.6 Å². The van der Waals surface area contributed by atoms with Crippen LogP contribution in [0.2, 0.25) is 0 Å². The van der Waals surface area contributed by atoms with E-state index in [-0.39, 0.29) is 17.3 Å². The minimum Gasteiger partial charge on any atom is -0.494 e. The van der Waals surface area contributed by atoms with Gasteiger partial charge in [0.25, 0.3) is 10.0 Å². The van der Waals surface area contributed by atoms with Gasteiger partial charge in [-0.25, -0.2) is 8.42 Å². The van der Waals surface area contributed by atoms with Crippen molar-refractivity contribution in [2.45, 2.75) is 45.2 Å². The lowest BCUT2D eigenvalue weighted by Gasteiger charge is -2.32. The van der Waals surface area contributed by atoms with Gasteiger partial charge in [-0.15, -0.1) is 0 Å². The molecule has 1 N–H and O–H groups in total. The van der Waals surface area contributed by atoms with E-state index in [1.54, 1.807) is 43.3 Å². The molecule has 3 rings (SSSR count). The van der Waals surface area contributed by atoms with Crippen LogP contribution in [-0.4, -0.2) is 51.4 Å². The topological polar surface area (TPSA) is 96.0 Å². The fourth-order valence-corrected chi connectivity index (χ4v) is 5.42. The van der Waals surface area contributed by atoms with Gasteiger partial charge in [-0.3, -0.25) is 13.9 Å². The summed E-state index contributed by atoms with van der Waals surface area (Å²) in [5, 5.41) is 2.59. The molecule has 0 saturated carbocycles. The predicted molar refractivity (Wildman–Crippen MR) is 149 cm³/mol. The second-order valence-electron chi connectivity index (χ2n) is 8.99. The number of hydrogen-bond acceptors (Lipinski definition) is 5. The van der Waals surface area contributed by atoms with Crippen molar-refractivity contribution in [3.05, 3.63) is 89.5 Å². The first kappa shape index (κ1) is 28.7. The van der Waals surface area contributed by atoms with Gasteiger partial charge in [0.15, 0.2) is 0 Å². The number of likely N-dealkylation sites (N-methyl/N-ethyl adjacent to an activating group) is 1. The van der Waals surface area contributed by atoms with Gasteiger partial charge < -0.3 is 15.0 Å². The van der Waals surface area contributed by atoms with Crippen LogP contribution in [0.3, 0.4) is 0 Å². The second kappa shape index (κ2) is 12.6. The number of nitrogens with zero attached hydrogens (tertiary/aromatic N) is 2. The van der Waals surface area contributed by atoms with Crippen molar-refractivity contribution in [2.75, 3.05) is 24.5 Å². The summed E-state index contributed by atoms with van der Waals surface area (Å²) >= 11 is 0. The number of amides is 2. The first-order valence-electron chi connectivity index (χ1n) is 12.5. The van der Waals surface area contributed by atoms with E-state index in [1.165, 1.54) is 24.1 Å². The molecule has 0 aromatic heterocycles. The molecule has 0 bridgehead atoms. The molecule has 1 atom stereocenters. The van der Waals surface area contributed by atoms with E-state index in [2.05, 4.69) is 5.32 Å². The lowest BCUT2D eigenvalue weighted by atomic mass is 10.1. The molecule has 0 fully saturated rings. The van der Waals surface area contributed by atoms with Gasteiger partial charge in [0.05, 0.1) is 17.2 Å². The van der Waals surface area contributed by atoms with E-state index in [0.29, 0.717) is 18.0 Å². The molecule has 9 heteroatoms. The van der Waals surface area contributed by atoms with Gasteiger partial charge in [0.2, 0.25) is 11.8 Å². The SMILES string of the molecule is CCOc1ccc(S(=O)(=O)N(CC(=O)N(Cc2ccccc2C)[C@H](C)C(=O)NC)c2ccc(C)cc2)cc1. The highest BCUT2D eigenvalue weighted by Gasteiger charge is 2.32. The Labute approximate surface area is 225 Å². The molecule has 0 radical (unpaired) electrons. The zero-order chi connectivity index (χ0) is 27.9. The monoisotopic (exact) mass is 537 g/mol. The molecule has 0 aliphatic carbocycles. The zero-order valence-electron chi connectivity index (χ0n) is 22.5. The molecular formula is C29H35N3O5S. The summed E-state index contributed by atoms with van der Waals surface area (Å²) in [6.07, 6.45) is 0. The lowest BCUT2D eigenvalue weighted by molar-refractivity contribution is -0.139. The summed E-state index contributed by atoms with van der Waals surface area (Å²) in [6.45, 7) is 7.43. The Kier molecular flexibility index (Phi) is 9.52. The van der Waals surface area contributed by atoms with Crippen LogP contribution in [0.1, 0.15) is 30.5 Å². The van der Waals surface area contributed by atoms with Crippen LogP contribution in [0.25, 0.3) is 0 Å². The molecule has 3 aromatic carbocycles. The standard InChI is InChI=1S/C29H35N3O5S/c1-6-37-26-15-17-27(18-16-26)38(35,36)32(25-13-11-21(2)12-14-25)20-28(33)31(23(4)29(34)30-5)19-24-10-8-7-9-22(24)3/h7-18,23H,6,19-20H2,1-5H3,(H,30,34)/t23-/m1/s1. The highest BCUT2D eigenvalue weighted by Crippen LogP contribution is 2.26. The summed E-state index contributed by atoms with van der Waals surface area (Å²) in [7, 11) is -2.63. The van der Waals surface area contributed by atoms with Gasteiger partial charge in [0.1, 0.15) is 18.3 Å². The molecule has 3 aromatic rings. The maximum absolute atomic E-state index is 13.9. The third kappa shape index (κ3) is 6.72. The van der Waals surface area contributed by atoms with Crippen LogP contribution < -0.4 is 14.4 Å². The number of benzene rings is 3.